The summed E-state index contributed by atoms with van der Waals surface area (Å²) in [7, 11) is 0. The zero-order valence-corrected chi connectivity index (χ0v) is 30.4. The summed E-state index contributed by atoms with van der Waals surface area (Å²) >= 11 is 0. The maximum absolute atomic E-state index is 14.4. The van der Waals surface area contributed by atoms with Crippen LogP contribution in [0.5, 0.6) is 11.5 Å². The van der Waals surface area contributed by atoms with Crippen LogP contribution in [0.25, 0.3) is 87.6 Å². The molecule has 0 aliphatic carbocycles. The van der Waals surface area contributed by atoms with Crippen LogP contribution >= 0.6 is 0 Å². The van der Waals surface area contributed by atoms with Gasteiger partial charge in [-0.2, -0.15) is 0 Å². The van der Waals surface area contributed by atoms with Gasteiger partial charge in [-0.05, 0) is 88.6 Å². The lowest BCUT2D eigenvalue weighted by molar-refractivity contribution is 0.152. The molecule has 10 rings (SSSR count). The normalized spacial score (nSPS) is 11.3. The van der Waals surface area contributed by atoms with Crippen molar-refractivity contribution in [2.24, 2.45) is 0 Å². The van der Waals surface area contributed by atoms with Gasteiger partial charge in [0, 0.05) is 11.1 Å². The molecule has 10 aromatic carbocycles. The summed E-state index contributed by atoms with van der Waals surface area (Å²) in [6.07, 6.45) is -0.821. The van der Waals surface area contributed by atoms with Gasteiger partial charge in [0.2, 0.25) is 0 Å². The van der Waals surface area contributed by atoms with Crippen LogP contribution in [0.2, 0.25) is 0 Å². The van der Waals surface area contributed by atoms with E-state index in [-0.39, 0.29) is 0 Å². The van der Waals surface area contributed by atoms with Crippen molar-refractivity contribution >= 4 is 49.2 Å². The molecule has 0 bridgehead atoms. The quantitative estimate of drug-likeness (QED) is 0.127. The van der Waals surface area contributed by atoms with Crippen molar-refractivity contribution in [1.82, 2.24) is 0 Å². The Bertz CT molecular complexity index is 2890. The second-order valence-electron chi connectivity index (χ2n) is 13.9. The van der Waals surface area contributed by atoms with Crippen LogP contribution in [0.15, 0.2) is 206 Å². The molecule has 0 spiro atoms. The molecular formula is C53H34O3. The van der Waals surface area contributed by atoms with Gasteiger partial charge < -0.3 is 9.47 Å². The van der Waals surface area contributed by atoms with E-state index in [0.717, 1.165) is 87.6 Å². The van der Waals surface area contributed by atoms with Crippen molar-refractivity contribution < 1.29 is 14.3 Å². The van der Waals surface area contributed by atoms with Gasteiger partial charge in [0.25, 0.3) is 0 Å². The molecule has 264 valence electrons. The highest BCUT2D eigenvalue weighted by Gasteiger charge is 2.23. The highest BCUT2D eigenvalue weighted by atomic mass is 16.7. The standard InChI is InChI=1S/C53H34O3/c54-53(55-49-33-13-31-47(43-27-9-19-35-15-1-5-23-39(35)43)51(49)45-29-11-21-37-17-3-7-25-41(37)45)56-50-34-14-32-48(44-28-10-20-36-16-2-6-24-40(36)44)52(50)46-30-12-22-38-18-4-8-26-42(38)46/h1-34H. The smallest absolute Gasteiger partial charge is 0.394 e. The molecule has 10 aromatic rings. The van der Waals surface area contributed by atoms with Crippen molar-refractivity contribution in [3.8, 4) is 56.0 Å². The molecule has 0 N–H and O–H groups in total. The van der Waals surface area contributed by atoms with Crippen LogP contribution in [-0.4, -0.2) is 6.16 Å². The van der Waals surface area contributed by atoms with Crippen molar-refractivity contribution in [1.29, 1.82) is 0 Å². The fraction of sp³-hybridized carbons (Fsp3) is 0. The molecule has 0 aromatic heterocycles. The Hall–Kier alpha value is -7.49. The Morgan fingerprint density at radius 3 is 0.911 bits per heavy atom. The van der Waals surface area contributed by atoms with Crippen molar-refractivity contribution in [3.63, 3.8) is 0 Å². The van der Waals surface area contributed by atoms with Gasteiger partial charge in [-0.15, -0.1) is 0 Å². The summed E-state index contributed by atoms with van der Waals surface area (Å²) in [6.45, 7) is 0. The van der Waals surface area contributed by atoms with Crippen LogP contribution in [0.3, 0.4) is 0 Å². The lowest BCUT2D eigenvalue weighted by Crippen LogP contribution is -2.15. The van der Waals surface area contributed by atoms with Gasteiger partial charge in [-0.25, -0.2) is 4.79 Å². The molecule has 56 heavy (non-hydrogen) atoms. The molecule has 3 nitrogen and oxygen atoms in total. The number of ether oxygens (including phenoxy) is 2. The van der Waals surface area contributed by atoms with E-state index in [1.807, 2.05) is 48.5 Å². The third-order valence-corrected chi connectivity index (χ3v) is 10.7. The molecule has 0 aliphatic rings. The molecule has 0 atom stereocenters. The zero-order chi connectivity index (χ0) is 37.4. The zero-order valence-electron chi connectivity index (χ0n) is 30.4. The second-order valence-corrected chi connectivity index (χ2v) is 13.9. The van der Waals surface area contributed by atoms with Gasteiger partial charge in [-0.1, -0.05) is 194 Å². The monoisotopic (exact) mass is 718 g/mol. The molecule has 0 fully saturated rings. The number of carbonyl (C=O) groups excluding carboxylic acids is 1. The number of benzene rings is 10. The third-order valence-electron chi connectivity index (χ3n) is 10.7. The van der Waals surface area contributed by atoms with E-state index in [2.05, 4.69) is 158 Å². The van der Waals surface area contributed by atoms with Crippen LogP contribution in [0.1, 0.15) is 0 Å². The molecule has 0 saturated heterocycles. The van der Waals surface area contributed by atoms with Crippen LogP contribution in [-0.2, 0) is 0 Å². The first-order chi connectivity index (χ1) is 27.7. The van der Waals surface area contributed by atoms with Gasteiger partial charge in [-0.3, -0.25) is 0 Å². The average Bonchev–Trinajstić information content (AvgIpc) is 3.25. The number of carbonyl (C=O) groups is 1. The molecule has 0 heterocycles. The van der Waals surface area contributed by atoms with Gasteiger partial charge in [0.15, 0.2) is 0 Å². The SMILES string of the molecule is O=C(Oc1cccc(-c2cccc3ccccc23)c1-c1cccc2ccccc12)Oc1cccc(-c2cccc3ccccc23)c1-c1cccc2ccccc12. The van der Waals surface area contributed by atoms with Gasteiger partial charge in [0.05, 0.1) is 0 Å². The topological polar surface area (TPSA) is 35.5 Å². The lowest BCUT2D eigenvalue weighted by atomic mass is 9.88. The van der Waals surface area contributed by atoms with Crippen molar-refractivity contribution in [2.75, 3.05) is 0 Å². The summed E-state index contributed by atoms with van der Waals surface area (Å²) < 4.78 is 12.7. The summed E-state index contributed by atoms with van der Waals surface area (Å²) in [4.78, 5) is 14.4. The Morgan fingerprint density at radius 2 is 0.536 bits per heavy atom. The van der Waals surface area contributed by atoms with Crippen LogP contribution < -0.4 is 9.47 Å². The van der Waals surface area contributed by atoms with E-state index < -0.39 is 6.16 Å². The predicted molar refractivity (Wildman–Crippen MR) is 231 cm³/mol. The van der Waals surface area contributed by atoms with Crippen LogP contribution in [0, 0.1) is 0 Å². The summed E-state index contributed by atoms with van der Waals surface area (Å²) in [6, 6.07) is 70.2. The minimum atomic E-state index is -0.821. The molecule has 0 saturated carbocycles. The second kappa shape index (κ2) is 14.1. The largest absolute Gasteiger partial charge is 0.519 e. The van der Waals surface area contributed by atoms with E-state index in [0.29, 0.717) is 11.5 Å². The first-order valence-electron chi connectivity index (χ1n) is 18.8. The molecular weight excluding hydrogens is 685 g/mol. The summed E-state index contributed by atoms with van der Waals surface area (Å²) in [5.41, 5.74) is 7.56. The van der Waals surface area contributed by atoms with Crippen LogP contribution in [0.4, 0.5) is 4.79 Å². The minimum absolute atomic E-state index is 0.411. The Kier molecular flexibility index (Phi) is 8.31. The Morgan fingerprint density at radius 1 is 0.268 bits per heavy atom. The first kappa shape index (κ1) is 33.1. The van der Waals surface area contributed by atoms with Gasteiger partial charge in [0.1, 0.15) is 11.5 Å². The first-order valence-corrected chi connectivity index (χ1v) is 18.8. The number of fused-ring (bicyclic) bond motifs is 4. The lowest BCUT2D eigenvalue weighted by Gasteiger charge is -2.20. The fourth-order valence-electron chi connectivity index (χ4n) is 8.24. The Labute approximate surface area is 324 Å². The van der Waals surface area contributed by atoms with E-state index in [9.17, 15) is 4.79 Å². The number of hydrogen-bond donors (Lipinski definition) is 0. The van der Waals surface area contributed by atoms with E-state index >= 15 is 0 Å². The van der Waals surface area contributed by atoms with E-state index in [1.54, 1.807) is 0 Å². The highest BCUT2D eigenvalue weighted by molar-refractivity contribution is 6.08. The fourth-order valence-corrected chi connectivity index (χ4v) is 8.24. The number of hydrogen-bond acceptors (Lipinski definition) is 3. The molecule has 0 amide bonds. The third kappa shape index (κ3) is 5.83. The molecule has 0 radical (unpaired) electrons. The summed E-state index contributed by atoms with van der Waals surface area (Å²) in [5.74, 6) is 0.822. The predicted octanol–water partition coefficient (Wildman–Crippen LogP) is 14.5. The van der Waals surface area contributed by atoms with Crippen molar-refractivity contribution in [3.05, 3.63) is 206 Å². The maximum Gasteiger partial charge on any atom is 0.519 e. The van der Waals surface area contributed by atoms with Gasteiger partial charge >= 0.3 is 6.16 Å². The molecule has 0 unspecified atom stereocenters. The Balaban J connectivity index is 1.14. The van der Waals surface area contributed by atoms with E-state index in [1.165, 1.54) is 0 Å². The maximum atomic E-state index is 14.4. The molecule has 0 aliphatic heterocycles. The van der Waals surface area contributed by atoms with Crippen molar-refractivity contribution in [2.45, 2.75) is 0 Å². The number of rotatable bonds is 6. The average molecular weight is 719 g/mol. The minimum Gasteiger partial charge on any atom is -0.394 e. The highest BCUT2D eigenvalue weighted by Crippen LogP contribution is 2.46. The summed E-state index contributed by atoms with van der Waals surface area (Å²) in [5, 5.41) is 8.79. The van der Waals surface area contributed by atoms with E-state index in [4.69, 9.17) is 9.47 Å². The molecule has 3 heteroatoms.